The molecule has 0 spiro atoms. The number of rotatable bonds is 5. The van der Waals surface area contributed by atoms with E-state index >= 15 is 0 Å². The van der Waals surface area contributed by atoms with Crippen LogP contribution >= 0.6 is 11.6 Å². The molecule has 2 aromatic carbocycles. The van der Waals surface area contributed by atoms with Crippen molar-refractivity contribution >= 4 is 28.8 Å². The van der Waals surface area contributed by atoms with Crippen molar-refractivity contribution in [3.05, 3.63) is 94.9 Å². The molecule has 4 rings (SSSR count). The van der Waals surface area contributed by atoms with Gasteiger partial charge in [-0.05, 0) is 48.9 Å². The fraction of sp³-hybridized carbons (Fsp3) is 0.0909. The second-order valence-corrected chi connectivity index (χ2v) is 6.81. The van der Waals surface area contributed by atoms with Crippen molar-refractivity contribution in [1.82, 2.24) is 9.38 Å². The Morgan fingerprint density at radius 3 is 2.57 bits per heavy atom. The maximum atomic E-state index is 12.8. The lowest BCUT2D eigenvalue weighted by Gasteiger charge is -2.09. The summed E-state index contributed by atoms with van der Waals surface area (Å²) in [7, 11) is 0. The van der Waals surface area contributed by atoms with Crippen LogP contribution in [-0.4, -0.2) is 15.3 Å². The minimum absolute atomic E-state index is 0.245. The minimum Gasteiger partial charge on any atom is -0.489 e. The van der Waals surface area contributed by atoms with E-state index in [2.05, 4.69) is 10.3 Å². The quantitative estimate of drug-likeness (QED) is 0.513. The van der Waals surface area contributed by atoms with Gasteiger partial charge in [-0.25, -0.2) is 4.98 Å². The number of benzene rings is 2. The van der Waals surface area contributed by atoms with Gasteiger partial charge < -0.3 is 10.1 Å². The molecule has 5 nitrogen and oxygen atoms in total. The van der Waals surface area contributed by atoms with E-state index in [9.17, 15) is 4.79 Å². The van der Waals surface area contributed by atoms with Gasteiger partial charge in [0.15, 0.2) is 0 Å². The van der Waals surface area contributed by atoms with Crippen LogP contribution in [0.15, 0.2) is 72.9 Å². The number of anilines is 1. The van der Waals surface area contributed by atoms with Crippen molar-refractivity contribution < 1.29 is 9.53 Å². The third-order valence-corrected chi connectivity index (χ3v) is 4.56. The Kier molecular flexibility index (Phi) is 5.00. The lowest BCUT2D eigenvalue weighted by Crippen LogP contribution is -2.15. The van der Waals surface area contributed by atoms with Crippen molar-refractivity contribution in [2.75, 3.05) is 5.32 Å². The summed E-state index contributed by atoms with van der Waals surface area (Å²) in [5.74, 6) is 0.491. The van der Waals surface area contributed by atoms with E-state index in [1.54, 1.807) is 29.7 Å². The molecule has 0 bridgehead atoms. The van der Waals surface area contributed by atoms with Gasteiger partial charge in [0.1, 0.15) is 23.7 Å². The number of aromatic nitrogens is 2. The monoisotopic (exact) mass is 391 g/mol. The molecule has 0 saturated carbocycles. The van der Waals surface area contributed by atoms with Crippen LogP contribution in [0, 0.1) is 6.92 Å². The first-order valence-electron chi connectivity index (χ1n) is 8.82. The molecular weight excluding hydrogens is 374 g/mol. The number of carbonyl (C=O) groups excluding carboxylic acids is 1. The molecule has 140 valence electrons. The first kappa shape index (κ1) is 18.1. The smallest absolute Gasteiger partial charge is 0.274 e. The molecule has 4 aromatic rings. The van der Waals surface area contributed by atoms with Gasteiger partial charge in [0, 0.05) is 11.9 Å². The summed E-state index contributed by atoms with van der Waals surface area (Å²) < 4.78 is 7.47. The predicted octanol–water partition coefficient (Wildman–Crippen LogP) is 5.13. The average molecular weight is 392 g/mol. The van der Waals surface area contributed by atoms with Crippen LogP contribution in [-0.2, 0) is 6.61 Å². The van der Waals surface area contributed by atoms with Gasteiger partial charge in [-0.2, -0.15) is 0 Å². The molecule has 0 aliphatic heterocycles. The van der Waals surface area contributed by atoms with E-state index in [0.29, 0.717) is 34.4 Å². The first-order chi connectivity index (χ1) is 13.6. The summed E-state index contributed by atoms with van der Waals surface area (Å²) >= 11 is 6.06. The van der Waals surface area contributed by atoms with Gasteiger partial charge in [0.25, 0.3) is 5.91 Å². The summed E-state index contributed by atoms with van der Waals surface area (Å²) in [5.41, 5.74) is 3.55. The SMILES string of the molecule is Cc1nc2ccc(Cl)cn2c1C(=O)Nc1ccc(OCc2ccccc2)cc1. The number of hydrogen-bond donors (Lipinski definition) is 1. The Hall–Kier alpha value is -3.31. The molecular formula is C22H18ClN3O2. The number of hydrogen-bond acceptors (Lipinski definition) is 3. The summed E-state index contributed by atoms with van der Waals surface area (Å²) in [4.78, 5) is 17.2. The van der Waals surface area contributed by atoms with Gasteiger partial charge in [0.2, 0.25) is 0 Å². The van der Waals surface area contributed by atoms with Crippen molar-refractivity contribution in [3.8, 4) is 5.75 Å². The van der Waals surface area contributed by atoms with Crippen molar-refractivity contribution in [1.29, 1.82) is 0 Å². The minimum atomic E-state index is -0.245. The molecule has 0 saturated heterocycles. The molecule has 2 heterocycles. The fourth-order valence-corrected chi connectivity index (χ4v) is 3.14. The second kappa shape index (κ2) is 7.74. The lowest BCUT2D eigenvalue weighted by molar-refractivity contribution is 0.102. The van der Waals surface area contributed by atoms with E-state index < -0.39 is 0 Å². The molecule has 0 unspecified atom stereocenters. The molecule has 6 heteroatoms. The fourth-order valence-electron chi connectivity index (χ4n) is 2.98. The highest BCUT2D eigenvalue weighted by molar-refractivity contribution is 6.30. The third-order valence-electron chi connectivity index (χ3n) is 4.33. The van der Waals surface area contributed by atoms with Crippen molar-refractivity contribution in [2.24, 2.45) is 0 Å². The van der Waals surface area contributed by atoms with Crippen molar-refractivity contribution in [3.63, 3.8) is 0 Å². The Labute approximate surface area is 167 Å². The van der Waals surface area contributed by atoms with Crippen LogP contribution in [0.1, 0.15) is 21.7 Å². The summed E-state index contributed by atoms with van der Waals surface area (Å²) in [5, 5.41) is 3.44. The number of carbonyl (C=O) groups is 1. The van der Waals surface area contributed by atoms with Gasteiger partial charge in [-0.15, -0.1) is 0 Å². The number of aryl methyl sites for hydroxylation is 1. The Morgan fingerprint density at radius 2 is 1.82 bits per heavy atom. The maximum Gasteiger partial charge on any atom is 0.274 e. The molecule has 28 heavy (non-hydrogen) atoms. The largest absolute Gasteiger partial charge is 0.489 e. The van der Waals surface area contributed by atoms with Crippen LogP contribution in [0.4, 0.5) is 5.69 Å². The van der Waals surface area contributed by atoms with Crippen LogP contribution in [0.2, 0.25) is 5.02 Å². The Morgan fingerprint density at radius 1 is 1.07 bits per heavy atom. The van der Waals surface area contributed by atoms with Gasteiger partial charge in [-0.1, -0.05) is 41.9 Å². The molecule has 0 aliphatic rings. The van der Waals surface area contributed by atoms with Crippen LogP contribution in [0.3, 0.4) is 0 Å². The highest BCUT2D eigenvalue weighted by Gasteiger charge is 2.17. The van der Waals surface area contributed by atoms with Crippen LogP contribution < -0.4 is 10.1 Å². The molecule has 2 aromatic heterocycles. The van der Waals surface area contributed by atoms with E-state index in [4.69, 9.17) is 16.3 Å². The third kappa shape index (κ3) is 3.85. The molecule has 0 aliphatic carbocycles. The number of halogens is 1. The lowest BCUT2D eigenvalue weighted by atomic mass is 10.2. The number of fused-ring (bicyclic) bond motifs is 1. The highest BCUT2D eigenvalue weighted by atomic mass is 35.5. The van der Waals surface area contributed by atoms with Crippen molar-refractivity contribution in [2.45, 2.75) is 13.5 Å². The Balaban J connectivity index is 1.46. The number of pyridine rings is 1. The zero-order chi connectivity index (χ0) is 19.5. The zero-order valence-electron chi connectivity index (χ0n) is 15.2. The van der Waals surface area contributed by atoms with E-state index in [1.165, 1.54) is 0 Å². The van der Waals surface area contributed by atoms with Gasteiger partial charge in [0.05, 0.1) is 10.7 Å². The van der Waals surface area contributed by atoms with Crippen LogP contribution in [0.25, 0.3) is 5.65 Å². The maximum absolute atomic E-state index is 12.8. The van der Waals surface area contributed by atoms with Gasteiger partial charge >= 0.3 is 0 Å². The standard InChI is InChI=1S/C22H18ClN3O2/c1-15-21(26-13-17(23)7-12-20(26)24-15)22(27)25-18-8-10-19(11-9-18)28-14-16-5-3-2-4-6-16/h2-13H,14H2,1H3,(H,25,27). The molecule has 1 N–H and O–H groups in total. The van der Waals surface area contributed by atoms with E-state index in [0.717, 1.165) is 11.3 Å². The summed E-state index contributed by atoms with van der Waals surface area (Å²) in [6, 6.07) is 20.8. The number of imidazole rings is 1. The highest BCUT2D eigenvalue weighted by Crippen LogP contribution is 2.20. The number of nitrogens with one attached hydrogen (secondary N) is 1. The van der Waals surface area contributed by atoms with E-state index in [1.807, 2.05) is 54.6 Å². The molecule has 0 fully saturated rings. The molecule has 0 atom stereocenters. The number of nitrogens with zero attached hydrogens (tertiary/aromatic N) is 2. The zero-order valence-corrected chi connectivity index (χ0v) is 16.0. The van der Waals surface area contributed by atoms with Gasteiger partial charge in [-0.3, -0.25) is 9.20 Å². The predicted molar refractivity (Wildman–Crippen MR) is 110 cm³/mol. The summed E-state index contributed by atoms with van der Waals surface area (Å²) in [6.07, 6.45) is 1.69. The average Bonchev–Trinajstić information content (AvgIpc) is 3.03. The molecule has 0 radical (unpaired) electrons. The topological polar surface area (TPSA) is 55.6 Å². The van der Waals surface area contributed by atoms with E-state index in [-0.39, 0.29) is 5.91 Å². The molecule has 1 amide bonds. The summed E-state index contributed by atoms with van der Waals surface area (Å²) in [6.45, 7) is 2.30. The number of amides is 1. The van der Waals surface area contributed by atoms with Crippen LogP contribution in [0.5, 0.6) is 5.75 Å². The second-order valence-electron chi connectivity index (χ2n) is 6.37. The first-order valence-corrected chi connectivity index (χ1v) is 9.20. The number of ether oxygens (including phenoxy) is 1. The normalized spacial score (nSPS) is 10.8. The Bertz CT molecular complexity index is 1120.